The number of hydrogen-bond acceptors (Lipinski definition) is 4. The Balaban J connectivity index is 2.43. The minimum absolute atomic E-state index is 0.0993. The zero-order chi connectivity index (χ0) is 16.1. The Labute approximate surface area is 128 Å². The van der Waals surface area contributed by atoms with E-state index in [-0.39, 0.29) is 5.56 Å². The lowest BCUT2D eigenvalue weighted by Gasteiger charge is -2.11. The molecule has 0 aliphatic carbocycles. The van der Waals surface area contributed by atoms with Crippen molar-refractivity contribution in [3.8, 4) is 23.1 Å². The highest BCUT2D eigenvalue weighted by atomic mass is 16.5. The summed E-state index contributed by atoms with van der Waals surface area (Å²) in [4.78, 5) is 15.4. The van der Waals surface area contributed by atoms with Gasteiger partial charge in [0, 0.05) is 11.8 Å². The molecule has 0 saturated carbocycles. The molecule has 1 N–H and O–H groups in total. The summed E-state index contributed by atoms with van der Waals surface area (Å²) in [7, 11) is 0. The second-order valence-corrected chi connectivity index (χ2v) is 5.23. The molecule has 2 rings (SSSR count). The van der Waals surface area contributed by atoms with Crippen molar-refractivity contribution in [2.45, 2.75) is 13.8 Å². The van der Waals surface area contributed by atoms with Crippen molar-refractivity contribution in [2.75, 3.05) is 6.61 Å². The Morgan fingerprint density at radius 2 is 2.18 bits per heavy atom. The first-order valence-corrected chi connectivity index (χ1v) is 6.88. The molecule has 2 aromatic rings. The van der Waals surface area contributed by atoms with E-state index in [2.05, 4.69) is 11.1 Å². The van der Waals surface area contributed by atoms with Crippen LogP contribution >= 0.6 is 0 Å². The largest absolute Gasteiger partial charge is 0.492 e. The summed E-state index contributed by atoms with van der Waals surface area (Å²) in [6.07, 6.45) is 1.52. The summed E-state index contributed by atoms with van der Waals surface area (Å²) >= 11 is 0. The Morgan fingerprint density at radius 1 is 1.41 bits per heavy atom. The fourth-order valence-electron chi connectivity index (χ4n) is 1.95. The van der Waals surface area contributed by atoms with E-state index >= 15 is 0 Å². The molecule has 0 amide bonds. The van der Waals surface area contributed by atoms with E-state index in [1.165, 1.54) is 12.3 Å². The van der Waals surface area contributed by atoms with Gasteiger partial charge >= 0.3 is 5.97 Å². The molecule has 1 heterocycles. The second kappa shape index (κ2) is 6.72. The summed E-state index contributed by atoms with van der Waals surface area (Å²) in [5.74, 6) is -0.213. The first-order chi connectivity index (χ1) is 10.5. The van der Waals surface area contributed by atoms with E-state index in [9.17, 15) is 15.2 Å². The number of rotatable bonds is 5. The predicted octanol–water partition coefficient (Wildman–Crippen LogP) is 3.35. The fourth-order valence-corrected chi connectivity index (χ4v) is 1.95. The smallest absolute Gasteiger partial charge is 0.337 e. The number of hydrogen-bond donors (Lipinski definition) is 1. The second-order valence-electron chi connectivity index (χ2n) is 5.23. The Hall–Kier alpha value is -2.87. The molecular formula is C17H16N2O3. The molecule has 5 nitrogen and oxygen atoms in total. The van der Waals surface area contributed by atoms with Gasteiger partial charge in [-0.1, -0.05) is 13.8 Å². The van der Waals surface area contributed by atoms with Gasteiger partial charge in [0.15, 0.2) is 0 Å². The van der Waals surface area contributed by atoms with Crippen LogP contribution in [0.15, 0.2) is 36.5 Å². The van der Waals surface area contributed by atoms with Crippen molar-refractivity contribution in [1.29, 1.82) is 5.26 Å². The minimum Gasteiger partial charge on any atom is -0.492 e. The van der Waals surface area contributed by atoms with Gasteiger partial charge in [0.05, 0.1) is 23.4 Å². The molecule has 1 aromatic heterocycles. The number of aromatic carboxylic acids is 1. The van der Waals surface area contributed by atoms with Crippen LogP contribution in [-0.2, 0) is 0 Å². The van der Waals surface area contributed by atoms with E-state index in [0.717, 1.165) is 0 Å². The molecule has 0 bridgehead atoms. The Bertz CT molecular complexity index is 733. The van der Waals surface area contributed by atoms with Crippen LogP contribution < -0.4 is 4.74 Å². The third-order valence-corrected chi connectivity index (χ3v) is 2.98. The molecule has 0 saturated heterocycles. The molecule has 0 radical (unpaired) electrons. The number of pyridine rings is 1. The summed E-state index contributed by atoms with van der Waals surface area (Å²) in [6, 6.07) is 10.1. The molecule has 22 heavy (non-hydrogen) atoms. The first kappa shape index (κ1) is 15.5. The van der Waals surface area contributed by atoms with Crippen LogP contribution in [-0.4, -0.2) is 22.7 Å². The Morgan fingerprint density at radius 3 is 2.82 bits per heavy atom. The summed E-state index contributed by atoms with van der Waals surface area (Å²) in [6.45, 7) is 4.55. The summed E-state index contributed by atoms with van der Waals surface area (Å²) < 4.78 is 5.60. The van der Waals surface area contributed by atoms with Gasteiger partial charge in [-0.05, 0) is 36.2 Å². The molecule has 0 atom stereocenters. The number of carboxylic acid groups (broad SMARTS) is 1. The van der Waals surface area contributed by atoms with Gasteiger partial charge in [0.25, 0.3) is 0 Å². The summed E-state index contributed by atoms with van der Waals surface area (Å²) in [5.41, 5.74) is 1.37. The number of carboxylic acids is 1. The highest BCUT2D eigenvalue weighted by Gasteiger charge is 2.14. The lowest BCUT2D eigenvalue weighted by Crippen LogP contribution is -2.06. The van der Waals surface area contributed by atoms with Crippen LogP contribution in [0, 0.1) is 17.2 Å². The lowest BCUT2D eigenvalue weighted by molar-refractivity contribution is 0.0697. The zero-order valence-corrected chi connectivity index (χ0v) is 12.4. The van der Waals surface area contributed by atoms with Crippen LogP contribution in [0.25, 0.3) is 11.3 Å². The van der Waals surface area contributed by atoms with Gasteiger partial charge < -0.3 is 9.84 Å². The maximum absolute atomic E-state index is 11.3. The number of ether oxygens (including phenoxy) is 1. The number of benzene rings is 1. The van der Waals surface area contributed by atoms with Gasteiger partial charge in [-0.15, -0.1) is 0 Å². The van der Waals surface area contributed by atoms with E-state index in [1.54, 1.807) is 24.3 Å². The normalized spacial score (nSPS) is 10.3. The van der Waals surface area contributed by atoms with Crippen molar-refractivity contribution in [1.82, 2.24) is 4.98 Å². The number of aromatic nitrogens is 1. The number of nitrogens with zero attached hydrogens (tertiary/aromatic N) is 2. The highest BCUT2D eigenvalue weighted by molar-refractivity contribution is 5.94. The standard InChI is InChI=1S/C17H16N2O3/c1-11(2)10-22-15-6-5-12(8-13(15)9-18)16-14(17(20)21)4-3-7-19-16/h3-8,11H,10H2,1-2H3,(H,20,21). The molecule has 112 valence electrons. The van der Waals surface area contributed by atoms with Gasteiger partial charge in [-0.2, -0.15) is 5.26 Å². The zero-order valence-electron chi connectivity index (χ0n) is 12.4. The van der Waals surface area contributed by atoms with Crippen molar-refractivity contribution in [2.24, 2.45) is 5.92 Å². The monoisotopic (exact) mass is 296 g/mol. The Kier molecular flexibility index (Phi) is 4.74. The average molecular weight is 296 g/mol. The lowest BCUT2D eigenvalue weighted by atomic mass is 10.0. The van der Waals surface area contributed by atoms with E-state index in [4.69, 9.17) is 4.74 Å². The molecule has 0 spiro atoms. The highest BCUT2D eigenvalue weighted by Crippen LogP contribution is 2.27. The third-order valence-electron chi connectivity index (χ3n) is 2.98. The van der Waals surface area contributed by atoms with Crippen LogP contribution in [0.4, 0.5) is 0 Å². The average Bonchev–Trinajstić information content (AvgIpc) is 2.52. The fraction of sp³-hybridized carbons (Fsp3) is 0.235. The van der Waals surface area contributed by atoms with Crippen LogP contribution in [0.3, 0.4) is 0 Å². The minimum atomic E-state index is -1.05. The SMILES string of the molecule is CC(C)COc1ccc(-c2ncccc2C(=O)O)cc1C#N. The van der Waals surface area contributed by atoms with Gasteiger partial charge in [0.2, 0.25) is 0 Å². The van der Waals surface area contributed by atoms with Crippen molar-refractivity contribution in [3.05, 3.63) is 47.7 Å². The van der Waals surface area contributed by atoms with Crippen molar-refractivity contribution < 1.29 is 14.6 Å². The summed E-state index contributed by atoms with van der Waals surface area (Å²) in [5, 5.41) is 18.5. The molecular weight excluding hydrogens is 280 g/mol. The van der Waals surface area contributed by atoms with Crippen LogP contribution in [0.5, 0.6) is 5.75 Å². The maximum atomic E-state index is 11.3. The molecule has 0 unspecified atom stereocenters. The quantitative estimate of drug-likeness (QED) is 0.914. The van der Waals surface area contributed by atoms with Gasteiger partial charge in [-0.25, -0.2) is 4.79 Å². The van der Waals surface area contributed by atoms with Crippen molar-refractivity contribution >= 4 is 5.97 Å². The van der Waals surface area contributed by atoms with Crippen LogP contribution in [0.1, 0.15) is 29.8 Å². The first-order valence-electron chi connectivity index (χ1n) is 6.88. The molecule has 0 aliphatic rings. The van der Waals surface area contributed by atoms with E-state index in [0.29, 0.717) is 35.1 Å². The number of carbonyl (C=O) groups is 1. The number of nitriles is 1. The molecule has 0 aliphatic heterocycles. The third kappa shape index (κ3) is 3.41. The van der Waals surface area contributed by atoms with E-state index < -0.39 is 5.97 Å². The molecule has 5 heteroatoms. The maximum Gasteiger partial charge on any atom is 0.337 e. The van der Waals surface area contributed by atoms with Gasteiger partial charge in [0.1, 0.15) is 11.8 Å². The van der Waals surface area contributed by atoms with Gasteiger partial charge in [-0.3, -0.25) is 4.98 Å². The topological polar surface area (TPSA) is 83.2 Å². The molecule has 0 fully saturated rings. The molecule has 1 aromatic carbocycles. The van der Waals surface area contributed by atoms with Crippen LogP contribution in [0.2, 0.25) is 0 Å². The van der Waals surface area contributed by atoms with E-state index in [1.807, 2.05) is 13.8 Å². The predicted molar refractivity (Wildman–Crippen MR) is 81.7 cm³/mol. The van der Waals surface area contributed by atoms with Crippen molar-refractivity contribution in [3.63, 3.8) is 0 Å².